The summed E-state index contributed by atoms with van der Waals surface area (Å²) in [5, 5.41) is 3.08. The van der Waals surface area contributed by atoms with Crippen molar-refractivity contribution in [3.05, 3.63) is 35.4 Å². The highest BCUT2D eigenvalue weighted by Gasteiger charge is 2.46. The van der Waals surface area contributed by atoms with E-state index in [-0.39, 0.29) is 23.5 Å². The number of nitrogens with one attached hydrogen (secondary N) is 1. The minimum Gasteiger partial charge on any atom is -0.374 e. The van der Waals surface area contributed by atoms with Crippen LogP contribution in [0.3, 0.4) is 0 Å². The third-order valence-electron chi connectivity index (χ3n) is 5.28. The van der Waals surface area contributed by atoms with Gasteiger partial charge in [-0.15, -0.1) is 0 Å². The summed E-state index contributed by atoms with van der Waals surface area (Å²) in [6.45, 7) is 2.64. The molecule has 1 spiro atoms. The Hall–Kier alpha value is -1.40. The monoisotopic (exact) mass is 365 g/mol. The van der Waals surface area contributed by atoms with E-state index >= 15 is 0 Å². The van der Waals surface area contributed by atoms with Gasteiger partial charge in [0.1, 0.15) is 0 Å². The topological polar surface area (TPSA) is 72.5 Å². The SMILES string of the molecule is CCc1ccc(CCC(=O)N[C@H]2CCO[C@@]3(CCS(=O)(=O)C3)C2)cc1. The Morgan fingerprint density at radius 3 is 2.64 bits per heavy atom. The molecule has 1 amide bonds. The molecule has 138 valence electrons. The second-order valence-corrected chi connectivity index (χ2v) is 9.48. The average Bonchev–Trinajstić information content (AvgIpc) is 2.87. The van der Waals surface area contributed by atoms with Crippen LogP contribution < -0.4 is 5.32 Å². The maximum absolute atomic E-state index is 12.3. The van der Waals surface area contributed by atoms with E-state index in [1.807, 2.05) is 0 Å². The van der Waals surface area contributed by atoms with E-state index in [1.54, 1.807) is 0 Å². The minimum absolute atomic E-state index is 0.0111. The summed E-state index contributed by atoms with van der Waals surface area (Å²) in [6.07, 6.45) is 4.09. The Morgan fingerprint density at radius 1 is 1.28 bits per heavy atom. The number of rotatable bonds is 5. The van der Waals surface area contributed by atoms with E-state index < -0.39 is 15.4 Å². The van der Waals surface area contributed by atoms with E-state index in [1.165, 1.54) is 5.56 Å². The van der Waals surface area contributed by atoms with Crippen molar-refractivity contribution < 1.29 is 17.9 Å². The highest BCUT2D eigenvalue weighted by atomic mass is 32.2. The normalized spacial score (nSPS) is 28.1. The van der Waals surface area contributed by atoms with Gasteiger partial charge in [0, 0.05) is 19.1 Å². The molecule has 2 saturated heterocycles. The number of hydrogen-bond acceptors (Lipinski definition) is 4. The fourth-order valence-electron chi connectivity index (χ4n) is 3.81. The predicted octanol–water partition coefficient (Wildman–Crippen LogP) is 2.03. The molecule has 3 rings (SSSR count). The van der Waals surface area contributed by atoms with Crippen LogP contribution in [0.25, 0.3) is 0 Å². The molecule has 2 aliphatic rings. The van der Waals surface area contributed by atoms with Crippen molar-refractivity contribution in [2.45, 2.75) is 57.1 Å². The van der Waals surface area contributed by atoms with Crippen molar-refractivity contribution in [1.29, 1.82) is 0 Å². The summed E-state index contributed by atoms with van der Waals surface area (Å²) in [5.74, 6) is 0.319. The average molecular weight is 365 g/mol. The van der Waals surface area contributed by atoms with Gasteiger partial charge >= 0.3 is 0 Å². The molecule has 0 bridgehead atoms. The summed E-state index contributed by atoms with van der Waals surface area (Å²) in [6, 6.07) is 8.39. The molecule has 0 aromatic heterocycles. The van der Waals surface area contributed by atoms with Gasteiger partial charge in [-0.05, 0) is 43.2 Å². The standard InChI is InChI=1S/C19H27NO4S/c1-2-15-3-5-16(6-4-15)7-8-18(21)20-17-9-11-24-19(13-17)10-12-25(22,23)14-19/h3-6,17H,2,7-14H2,1H3,(H,20,21)/t17-,19-/m0/s1. The number of benzene rings is 1. The first-order valence-electron chi connectivity index (χ1n) is 9.11. The molecule has 25 heavy (non-hydrogen) atoms. The van der Waals surface area contributed by atoms with Crippen molar-refractivity contribution >= 4 is 15.7 Å². The molecule has 2 heterocycles. The Labute approximate surface area is 150 Å². The molecule has 1 aromatic rings. The van der Waals surface area contributed by atoms with Crippen LogP contribution >= 0.6 is 0 Å². The maximum atomic E-state index is 12.3. The molecule has 0 radical (unpaired) electrons. The molecular weight excluding hydrogens is 338 g/mol. The summed E-state index contributed by atoms with van der Waals surface area (Å²) in [5.41, 5.74) is 1.88. The van der Waals surface area contributed by atoms with Gasteiger partial charge in [-0.2, -0.15) is 0 Å². The van der Waals surface area contributed by atoms with Crippen molar-refractivity contribution in [3.63, 3.8) is 0 Å². The van der Waals surface area contributed by atoms with Crippen molar-refractivity contribution in [2.75, 3.05) is 18.1 Å². The second kappa shape index (κ2) is 7.46. The zero-order valence-corrected chi connectivity index (χ0v) is 15.6. The highest BCUT2D eigenvalue weighted by Crippen LogP contribution is 2.35. The molecule has 6 heteroatoms. The molecule has 2 atom stereocenters. The van der Waals surface area contributed by atoms with Crippen molar-refractivity contribution in [1.82, 2.24) is 5.32 Å². The summed E-state index contributed by atoms with van der Waals surface area (Å²) < 4.78 is 29.3. The van der Waals surface area contributed by atoms with E-state index in [0.29, 0.717) is 25.9 Å². The molecule has 2 aliphatic heterocycles. The quantitative estimate of drug-likeness (QED) is 0.867. The van der Waals surface area contributed by atoms with Gasteiger partial charge in [-0.1, -0.05) is 31.2 Å². The van der Waals surface area contributed by atoms with Crippen LogP contribution in [0.1, 0.15) is 43.7 Å². The molecule has 0 aliphatic carbocycles. The third kappa shape index (κ3) is 4.82. The number of hydrogen-bond donors (Lipinski definition) is 1. The highest BCUT2D eigenvalue weighted by molar-refractivity contribution is 7.91. The van der Waals surface area contributed by atoms with Gasteiger partial charge in [0.25, 0.3) is 0 Å². The van der Waals surface area contributed by atoms with Gasteiger partial charge in [-0.3, -0.25) is 4.79 Å². The molecule has 0 unspecified atom stereocenters. The van der Waals surface area contributed by atoms with Gasteiger partial charge in [0.2, 0.25) is 5.91 Å². The fourth-order valence-corrected chi connectivity index (χ4v) is 5.79. The van der Waals surface area contributed by atoms with Crippen molar-refractivity contribution in [2.24, 2.45) is 0 Å². The lowest BCUT2D eigenvalue weighted by atomic mass is 9.90. The van der Waals surface area contributed by atoms with Crippen molar-refractivity contribution in [3.8, 4) is 0 Å². The predicted molar refractivity (Wildman–Crippen MR) is 97.3 cm³/mol. The van der Waals surface area contributed by atoms with Crippen LogP contribution in [0, 0.1) is 0 Å². The molecule has 1 aromatic carbocycles. The number of amides is 1. The number of carbonyl (C=O) groups is 1. The Kier molecular flexibility index (Phi) is 5.49. The maximum Gasteiger partial charge on any atom is 0.220 e. The van der Waals surface area contributed by atoms with E-state index in [9.17, 15) is 13.2 Å². The first kappa shape index (κ1) is 18.4. The first-order valence-corrected chi connectivity index (χ1v) is 10.9. The first-order chi connectivity index (χ1) is 11.9. The van der Waals surface area contributed by atoms with Gasteiger partial charge in [0.05, 0.1) is 17.1 Å². The Bertz CT molecular complexity index is 713. The summed E-state index contributed by atoms with van der Waals surface area (Å²) in [4.78, 5) is 12.3. The van der Waals surface area contributed by atoms with Crippen LogP contribution in [0.4, 0.5) is 0 Å². The Morgan fingerprint density at radius 2 is 2.00 bits per heavy atom. The number of sulfone groups is 1. The summed E-state index contributed by atoms with van der Waals surface area (Å²) in [7, 11) is -3.00. The minimum atomic E-state index is -3.00. The van der Waals surface area contributed by atoms with Crippen LogP contribution in [0.5, 0.6) is 0 Å². The van der Waals surface area contributed by atoms with Crippen LogP contribution in [0.2, 0.25) is 0 Å². The molecule has 5 nitrogen and oxygen atoms in total. The number of carbonyl (C=O) groups excluding carboxylic acids is 1. The van der Waals surface area contributed by atoms with Gasteiger partial charge < -0.3 is 10.1 Å². The number of ether oxygens (including phenoxy) is 1. The van der Waals surface area contributed by atoms with Crippen LogP contribution in [-0.2, 0) is 32.2 Å². The molecule has 1 N–H and O–H groups in total. The Balaban J connectivity index is 1.49. The van der Waals surface area contributed by atoms with Gasteiger partial charge in [-0.25, -0.2) is 8.42 Å². The smallest absolute Gasteiger partial charge is 0.220 e. The molecule has 0 saturated carbocycles. The van der Waals surface area contributed by atoms with Gasteiger partial charge in [0.15, 0.2) is 9.84 Å². The fraction of sp³-hybridized carbons (Fsp3) is 0.632. The molecule has 2 fully saturated rings. The number of aryl methyl sites for hydroxylation is 2. The third-order valence-corrected chi connectivity index (χ3v) is 7.07. The van der Waals surface area contributed by atoms with E-state index in [0.717, 1.165) is 24.8 Å². The van der Waals surface area contributed by atoms with Crippen LogP contribution in [0.15, 0.2) is 24.3 Å². The lowest BCUT2D eigenvalue weighted by Gasteiger charge is -2.37. The second-order valence-electron chi connectivity index (χ2n) is 7.30. The van der Waals surface area contributed by atoms with E-state index in [2.05, 4.69) is 36.5 Å². The summed E-state index contributed by atoms with van der Waals surface area (Å²) >= 11 is 0. The zero-order valence-electron chi connectivity index (χ0n) is 14.8. The largest absolute Gasteiger partial charge is 0.374 e. The van der Waals surface area contributed by atoms with Crippen LogP contribution in [-0.4, -0.2) is 44.1 Å². The lowest BCUT2D eigenvalue weighted by molar-refractivity contribution is -0.124. The molecular formula is C19H27NO4S. The van der Waals surface area contributed by atoms with E-state index in [4.69, 9.17) is 4.74 Å². The zero-order chi connectivity index (χ0) is 17.9. The lowest BCUT2D eigenvalue weighted by Crippen LogP contribution is -2.49.